The number of anilines is 2. The Morgan fingerprint density at radius 2 is 2.04 bits per heavy atom. The molecule has 3 rings (SSSR count). The van der Waals surface area contributed by atoms with E-state index in [2.05, 4.69) is 14.7 Å². The van der Waals surface area contributed by atoms with Crippen LogP contribution in [0.5, 0.6) is 0 Å². The number of aromatic nitrogens is 2. The Morgan fingerprint density at radius 3 is 2.75 bits per heavy atom. The lowest BCUT2D eigenvalue weighted by atomic mass is 10.0. The van der Waals surface area contributed by atoms with Gasteiger partial charge < -0.3 is 9.64 Å². The van der Waals surface area contributed by atoms with Crippen molar-refractivity contribution in [2.24, 2.45) is 0 Å². The number of para-hydroxylation sites is 1. The van der Waals surface area contributed by atoms with Crippen molar-refractivity contribution in [1.29, 1.82) is 0 Å². The summed E-state index contributed by atoms with van der Waals surface area (Å²) in [4.78, 5) is 20.8. The van der Waals surface area contributed by atoms with Gasteiger partial charge in [-0.2, -0.15) is 13.2 Å². The van der Waals surface area contributed by atoms with E-state index < -0.39 is 23.4 Å². The summed E-state index contributed by atoms with van der Waals surface area (Å²) in [6.07, 6.45) is -2.29. The first-order valence-electron chi connectivity index (χ1n) is 7.30. The van der Waals surface area contributed by atoms with Crippen molar-refractivity contribution in [1.82, 2.24) is 9.97 Å². The Morgan fingerprint density at radius 1 is 1.29 bits per heavy atom. The minimum absolute atomic E-state index is 0.0814. The number of fused-ring (bicyclic) bond motifs is 1. The number of alkyl halides is 3. The van der Waals surface area contributed by atoms with E-state index in [-0.39, 0.29) is 5.95 Å². The largest absolute Gasteiger partial charge is 0.465 e. The monoisotopic (exact) mass is 337 g/mol. The van der Waals surface area contributed by atoms with Gasteiger partial charge in [-0.3, -0.25) is 0 Å². The second kappa shape index (κ2) is 6.10. The van der Waals surface area contributed by atoms with E-state index in [0.717, 1.165) is 37.4 Å². The zero-order valence-electron chi connectivity index (χ0n) is 12.8. The lowest BCUT2D eigenvalue weighted by molar-refractivity contribution is -0.141. The molecule has 0 fully saturated rings. The number of carbonyl (C=O) groups excluding carboxylic acids is 1. The highest BCUT2D eigenvalue weighted by Gasteiger charge is 2.39. The number of carbonyl (C=O) groups is 1. The lowest BCUT2D eigenvalue weighted by Crippen LogP contribution is -2.28. The molecule has 5 nitrogen and oxygen atoms in total. The Balaban J connectivity index is 2.09. The first kappa shape index (κ1) is 16.2. The van der Waals surface area contributed by atoms with Gasteiger partial charge >= 0.3 is 12.1 Å². The van der Waals surface area contributed by atoms with Crippen LogP contribution in [-0.2, 0) is 17.3 Å². The molecule has 0 spiro atoms. The van der Waals surface area contributed by atoms with Crippen molar-refractivity contribution in [2.75, 3.05) is 18.6 Å². The molecule has 1 aromatic heterocycles. The average Bonchev–Trinajstić information content (AvgIpc) is 2.59. The number of ether oxygens (including phenoxy) is 1. The molecule has 2 aromatic rings. The summed E-state index contributed by atoms with van der Waals surface area (Å²) < 4.78 is 44.2. The molecule has 1 aliphatic heterocycles. The molecular formula is C16H14F3N3O2. The van der Waals surface area contributed by atoms with Gasteiger partial charge in [0.1, 0.15) is 5.56 Å². The first-order chi connectivity index (χ1) is 11.4. The number of benzene rings is 1. The summed E-state index contributed by atoms with van der Waals surface area (Å²) in [6.45, 7) is 0.506. The Labute approximate surface area is 136 Å². The quantitative estimate of drug-likeness (QED) is 0.787. The van der Waals surface area contributed by atoms with E-state index in [1.54, 1.807) is 4.90 Å². The van der Waals surface area contributed by atoms with Crippen LogP contribution in [0.2, 0.25) is 0 Å². The fourth-order valence-corrected chi connectivity index (χ4v) is 2.72. The standard InChI is InChI=1S/C16H14F3N3O2/c1-24-14(23)11-9-20-15(21-13(11)16(17,18)19)22-8-4-6-10-5-2-3-7-12(10)22/h2-3,5,7,9H,4,6,8H2,1H3. The number of hydrogen-bond donors (Lipinski definition) is 0. The zero-order chi connectivity index (χ0) is 17.3. The first-order valence-corrected chi connectivity index (χ1v) is 7.30. The highest BCUT2D eigenvalue weighted by molar-refractivity contribution is 5.90. The normalized spacial score (nSPS) is 14.2. The van der Waals surface area contributed by atoms with Gasteiger partial charge in [0.2, 0.25) is 5.95 Å². The molecular weight excluding hydrogens is 323 g/mol. The molecule has 0 bridgehead atoms. The van der Waals surface area contributed by atoms with Crippen LogP contribution in [0.15, 0.2) is 30.5 Å². The van der Waals surface area contributed by atoms with E-state index in [1.165, 1.54) is 0 Å². The van der Waals surface area contributed by atoms with Gasteiger partial charge in [-0.15, -0.1) is 0 Å². The van der Waals surface area contributed by atoms with Crippen molar-refractivity contribution in [3.05, 3.63) is 47.3 Å². The minimum Gasteiger partial charge on any atom is -0.465 e. The van der Waals surface area contributed by atoms with Gasteiger partial charge in [-0.1, -0.05) is 18.2 Å². The maximum Gasteiger partial charge on any atom is 0.434 e. The Bertz CT molecular complexity index is 777. The van der Waals surface area contributed by atoms with Crippen molar-refractivity contribution < 1.29 is 22.7 Å². The molecule has 0 saturated carbocycles. The van der Waals surface area contributed by atoms with Crippen molar-refractivity contribution in [3.63, 3.8) is 0 Å². The van der Waals surface area contributed by atoms with Crippen molar-refractivity contribution in [3.8, 4) is 0 Å². The third kappa shape index (κ3) is 2.91. The fourth-order valence-electron chi connectivity index (χ4n) is 2.72. The molecule has 0 aliphatic carbocycles. The molecule has 1 aliphatic rings. The number of methoxy groups -OCH3 is 1. The van der Waals surface area contributed by atoms with E-state index in [9.17, 15) is 18.0 Å². The lowest BCUT2D eigenvalue weighted by Gasteiger charge is -2.29. The predicted octanol–water partition coefficient (Wildman–Crippen LogP) is 3.37. The molecule has 0 saturated heterocycles. The van der Waals surface area contributed by atoms with Gasteiger partial charge in [0.25, 0.3) is 0 Å². The third-order valence-electron chi connectivity index (χ3n) is 3.80. The number of hydrogen-bond acceptors (Lipinski definition) is 5. The summed E-state index contributed by atoms with van der Waals surface area (Å²) >= 11 is 0. The molecule has 0 radical (unpaired) electrons. The summed E-state index contributed by atoms with van der Waals surface area (Å²) in [5, 5.41) is 0. The predicted molar refractivity (Wildman–Crippen MR) is 80.1 cm³/mol. The molecule has 0 unspecified atom stereocenters. The fraction of sp³-hybridized carbons (Fsp3) is 0.312. The molecule has 1 aromatic carbocycles. The maximum absolute atomic E-state index is 13.3. The minimum atomic E-state index is -4.78. The second-order valence-corrected chi connectivity index (χ2v) is 5.31. The van der Waals surface area contributed by atoms with E-state index in [0.29, 0.717) is 6.54 Å². The molecule has 2 heterocycles. The average molecular weight is 337 g/mol. The topological polar surface area (TPSA) is 55.3 Å². The van der Waals surface area contributed by atoms with Crippen molar-refractivity contribution >= 4 is 17.6 Å². The van der Waals surface area contributed by atoms with E-state index >= 15 is 0 Å². The van der Waals surface area contributed by atoms with E-state index in [4.69, 9.17) is 0 Å². The van der Waals surface area contributed by atoms with E-state index in [1.807, 2.05) is 24.3 Å². The SMILES string of the molecule is COC(=O)c1cnc(N2CCCc3ccccc32)nc1C(F)(F)F. The Kier molecular flexibility index (Phi) is 4.13. The Hall–Kier alpha value is -2.64. The molecule has 0 amide bonds. The van der Waals surface area contributed by atoms with Crippen LogP contribution in [-0.4, -0.2) is 29.6 Å². The number of nitrogens with zero attached hydrogens (tertiary/aromatic N) is 3. The zero-order valence-corrected chi connectivity index (χ0v) is 12.8. The third-order valence-corrected chi connectivity index (χ3v) is 3.80. The second-order valence-electron chi connectivity index (χ2n) is 5.31. The maximum atomic E-state index is 13.3. The van der Waals surface area contributed by atoms with Crippen LogP contribution in [0, 0.1) is 0 Å². The van der Waals surface area contributed by atoms with Gasteiger partial charge in [-0.05, 0) is 24.5 Å². The molecule has 0 N–H and O–H groups in total. The molecule has 24 heavy (non-hydrogen) atoms. The summed E-state index contributed by atoms with van der Waals surface area (Å²) in [6, 6.07) is 7.43. The van der Waals surface area contributed by atoms with Crippen molar-refractivity contribution in [2.45, 2.75) is 19.0 Å². The number of esters is 1. The van der Waals surface area contributed by atoms with Crippen LogP contribution in [0.3, 0.4) is 0 Å². The molecule has 126 valence electrons. The van der Waals surface area contributed by atoms with Crippen LogP contribution >= 0.6 is 0 Å². The summed E-state index contributed by atoms with van der Waals surface area (Å²) in [5.41, 5.74) is -0.179. The molecule has 0 atom stereocenters. The number of halogens is 3. The van der Waals surface area contributed by atoms with Gasteiger partial charge in [0.15, 0.2) is 5.69 Å². The summed E-state index contributed by atoms with van der Waals surface area (Å²) in [5.74, 6) is -1.20. The molecule has 8 heteroatoms. The van der Waals surface area contributed by atoms with Gasteiger partial charge in [0, 0.05) is 18.4 Å². The number of rotatable bonds is 2. The van der Waals surface area contributed by atoms with Gasteiger partial charge in [-0.25, -0.2) is 14.8 Å². The van der Waals surface area contributed by atoms with Crippen LogP contribution in [0.4, 0.5) is 24.8 Å². The van der Waals surface area contributed by atoms with Gasteiger partial charge in [0.05, 0.1) is 7.11 Å². The van der Waals surface area contributed by atoms with Crippen LogP contribution < -0.4 is 4.90 Å². The summed E-state index contributed by atoms with van der Waals surface area (Å²) in [7, 11) is 1.01. The highest BCUT2D eigenvalue weighted by Crippen LogP contribution is 2.35. The highest BCUT2D eigenvalue weighted by atomic mass is 19.4. The van der Waals surface area contributed by atoms with Crippen LogP contribution in [0.1, 0.15) is 28.0 Å². The number of aryl methyl sites for hydroxylation is 1. The van der Waals surface area contributed by atoms with Crippen LogP contribution in [0.25, 0.3) is 0 Å². The smallest absolute Gasteiger partial charge is 0.434 e.